The lowest BCUT2D eigenvalue weighted by Crippen LogP contribution is -2.44. The smallest absolute Gasteiger partial charge is 0.454 e. The molecule has 0 bridgehead atoms. The second kappa shape index (κ2) is 8.40. The summed E-state index contributed by atoms with van der Waals surface area (Å²) in [4.78, 5) is 0. The molecule has 194 valence electrons. The van der Waals surface area contributed by atoms with E-state index in [-0.39, 0.29) is 27.6 Å². The third-order valence-electron chi connectivity index (χ3n) is 7.21. The van der Waals surface area contributed by atoms with E-state index in [1.165, 1.54) is 33.4 Å². The fraction of sp³-hybridized carbons (Fsp3) is 0.625. The molecule has 1 heterocycles. The molecule has 0 saturated heterocycles. The molecule has 0 fully saturated rings. The number of hydrogen-bond donors (Lipinski definition) is 0. The molecule has 3 heteroatoms. The highest BCUT2D eigenvalue weighted by Crippen LogP contribution is 2.50. The normalized spacial score (nSPS) is 17.0. The van der Waals surface area contributed by atoms with E-state index in [4.69, 9.17) is 8.85 Å². The highest BCUT2D eigenvalue weighted by molar-refractivity contribution is 6.66. The average Bonchev–Trinajstić information content (AvgIpc) is 2.62. The highest BCUT2D eigenvalue weighted by atomic mass is 28.4. The molecule has 0 unspecified atom stereocenters. The third kappa shape index (κ3) is 5.66. The van der Waals surface area contributed by atoms with Gasteiger partial charge in [-0.25, -0.2) is 0 Å². The maximum atomic E-state index is 6.96. The summed E-state index contributed by atoms with van der Waals surface area (Å²) in [7, 11) is -2.55. The van der Waals surface area contributed by atoms with E-state index in [2.05, 4.69) is 127 Å². The lowest BCUT2D eigenvalue weighted by Gasteiger charge is -2.39. The van der Waals surface area contributed by atoms with Crippen molar-refractivity contribution in [2.75, 3.05) is 0 Å². The molecule has 0 amide bonds. The van der Waals surface area contributed by atoms with Gasteiger partial charge in [-0.3, -0.25) is 0 Å². The highest BCUT2D eigenvalue weighted by Gasteiger charge is 2.40. The van der Waals surface area contributed by atoms with E-state index in [9.17, 15) is 0 Å². The van der Waals surface area contributed by atoms with Crippen LogP contribution in [0.3, 0.4) is 0 Å². The number of rotatable bonds is 0. The minimum atomic E-state index is -2.55. The minimum absolute atomic E-state index is 0.0403. The Bertz CT molecular complexity index is 1030. The van der Waals surface area contributed by atoms with Gasteiger partial charge in [0.1, 0.15) is 11.5 Å². The molecule has 2 aromatic carbocycles. The Kier molecular flexibility index (Phi) is 6.68. The molecule has 0 aromatic heterocycles. The van der Waals surface area contributed by atoms with Crippen LogP contribution in [-0.2, 0) is 21.7 Å². The zero-order valence-corrected chi connectivity index (χ0v) is 26.2. The Morgan fingerprint density at radius 2 is 0.857 bits per heavy atom. The van der Waals surface area contributed by atoms with Crippen molar-refractivity contribution in [3.05, 3.63) is 57.6 Å². The number of fused-ring (bicyclic) bond motifs is 2. The zero-order chi connectivity index (χ0) is 26.9. The predicted octanol–water partition coefficient (Wildman–Crippen LogP) is 9.50. The van der Waals surface area contributed by atoms with Crippen LogP contribution in [-0.4, -0.2) is 8.56 Å². The zero-order valence-electron chi connectivity index (χ0n) is 25.2. The summed E-state index contributed by atoms with van der Waals surface area (Å²) in [6.45, 7) is 34.3. The molecule has 0 radical (unpaired) electrons. The average molecular weight is 495 g/mol. The minimum Gasteiger partial charge on any atom is -0.512 e. The first-order valence-corrected chi connectivity index (χ1v) is 16.1. The molecule has 2 nitrogen and oxygen atoms in total. The van der Waals surface area contributed by atoms with Gasteiger partial charge in [-0.2, -0.15) is 0 Å². The van der Waals surface area contributed by atoms with Gasteiger partial charge in [-0.1, -0.05) is 114 Å². The van der Waals surface area contributed by atoms with Crippen LogP contribution in [0.15, 0.2) is 24.3 Å². The van der Waals surface area contributed by atoms with Crippen LogP contribution >= 0.6 is 0 Å². The molecule has 35 heavy (non-hydrogen) atoms. The van der Waals surface area contributed by atoms with Crippen molar-refractivity contribution < 1.29 is 8.85 Å². The van der Waals surface area contributed by atoms with E-state index in [1.807, 2.05) is 0 Å². The van der Waals surface area contributed by atoms with Crippen LogP contribution in [0.1, 0.15) is 129 Å². The SMILES string of the molecule is CC1c2cc(C(C)(C)C)cc(C(C)(C)C)c2O[Si](C)(C)Oc2c1cc(C(C)(C)C)cc2C(C)(C)C. The largest absolute Gasteiger partial charge is 0.512 e. The lowest BCUT2D eigenvalue weighted by molar-refractivity contribution is 0.369. The van der Waals surface area contributed by atoms with Crippen molar-refractivity contribution in [1.29, 1.82) is 0 Å². The van der Waals surface area contributed by atoms with Gasteiger partial charge in [0.05, 0.1) is 0 Å². The van der Waals surface area contributed by atoms with E-state index in [1.54, 1.807) is 0 Å². The molecule has 1 aliphatic heterocycles. The number of hydrogen-bond acceptors (Lipinski definition) is 2. The fourth-order valence-electron chi connectivity index (χ4n) is 4.83. The molecule has 3 rings (SSSR count). The summed E-state index contributed by atoms with van der Waals surface area (Å²) in [5, 5.41) is 0. The van der Waals surface area contributed by atoms with Gasteiger partial charge < -0.3 is 8.85 Å². The van der Waals surface area contributed by atoms with E-state index < -0.39 is 8.56 Å². The second-order valence-corrected chi connectivity index (χ2v) is 18.4. The van der Waals surface area contributed by atoms with Gasteiger partial charge in [-0.05, 0) is 43.9 Å². The summed E-state index contributed by atoms with van der Waals surface area (Å²) < 4.78 is 13.9. The molecule has 0 N–H and O–H groups in total. The maximum absolute atomic E-state index is 6.96. The quantitative estimate of drug-likeness (QED) is 0.339. The molecule has 0 spiro atoms. The first kappa shape index (κ1) is 27.8. The number of benzene rings is 2. The van der Waals surface area contributed by atoms with Gasteiger partial charge in [-0.15, -0.1) is 0 Å². The van der Waals surface area contributed by atoms with Crippen molar-refractivity contribution >= 4 is 8.56 Å². The molecule has 2 aromatic rings. The first-order valence-electron chi connectivity index (χ1n) is 13.3. The molecule has 1 aliphatic rings. The summed E-state index contributed by atoms with van der Waals surface area (Å²) in [5.41, 5.74) is 7.88. The lowest BCUT2D eigenvalue weighted by atomic mass is 9.74. The Morgan fingerprint density at radius 3 is 1.11 bits per heavy atom. The molecule has 0 aliphatic carbocycles. The Hall–Kier alpha value is -1.74. The van der Waals surface area contributed by atoms with Gasteiger partial charge in [0.15, 0.2) is 0 Å². The standard InChI is InChI=1S/C32H50O2Si/c1-20-23-16-21(29(2,3)4)18-25(31(8,9)10)27(23)33-35(14,15)34-28-24(20)17-22(30(5,6)7)19-26(28)32(11,12)13/h16-20H,1-15H3. The van der Waals surface area contributed by atoms with E-state index >= 15 is 0 Å². The Balaban J connectivity index is 2.49. The monoisotopic (exact) mass is 494 g/mol. The van der Waals surface area contributed by atoms with Gasteiger partial charge in [0.25, 0.3) is 0 Å². The van der Waals surface area contributed by atoms with E-state index in [0.717, 1.165) is 11.5 Å². The second-order valence-electron chi connectivity index (χ2n) is 15.2. The fourth-order valence-corrected chi connectivity index (χ4v) is 6.31. The molecule has 0 saturated carbocycles. The van der Waals surface area contributed by atoms with Crippen LogP contribution in [0, 0.1) is 0 Å². The summed E-state index contributed by atoms with van der Waals surface area (Å²) in [6.07, 6.45) is 0. The van der Waals surface area contributed by atoms with E-state index in [0.29, 0.717) is 0 Å². The van der Waals surface area contributed by atoms with Crippen LogP contribution in [0.5, 0.6) is 11.5 Å². The maximum Gasteiger partial charge on any atom is 0.454 e. The first-order chi connectivity index (χ1) is 15.5. The van der Waals surface area contributed by atoms with Crippen molar-refractivity contribution in [3.63, 3.8) is 0 Å². The van der Waals surface area contributed by atoms with Crippen molar-refractivity contribution in [2.45, 2.75) is 131 Å². The third-order valence-corrected chi connectivity index (χ3v) is 8.60. The Labute approximate surface area is 217 Å². The van der Waals surface area contributed by atoms with Gasteiger partial charge in [0.2, 0.25) is 0 Å². The summed E-state index contributed by atoms with van der Waals surface area (Å²) in [5.74, 6) is 2.23. The summed E-state index contributed by atoms with van der Waals surface area (Å²) in [6, 6.07) is 9.58. The van der Waals surface area contributed by atoms with Crippen LogP contribution < -0.4 is 8.85 Å². The van der Waals surface area contributed by atoms with Crippen LogP contribution in [0.4, 0.5) is 0 Å². The summed E-state index contributed by atoms with van der Waals surface area (Å²) >= 11 is 0. The van der Waals surface area contributed by atoms with Crippen molar-refractivity contribution in [1.82, 2.24) is 0 Å². The molecular weight excluding hydrogens is 444 g/mol. The topological polar surface area (TPSA) is 18.5 Å². The Morgan fingerprint density at radius 1 is 0.543 bits per heavy atom. The molecular formula is C32H50O2Si. The van der Waals surface area contributed by atoms with Gasteiger partial charge in [0, 0.05) is 30.1 Å². The van der Waals surface area contributed by atoms with Crippen molar-refractivity contribution in [3.8, 4) is 11.5 Å². The predicted molar refractivity (Wildman–Crippen MR) is 154 cm³/mol. The van der Waals surface area contributed by atoms with Crippen molar-refractivity contribution in [2.24, 2.45) is 0 Å². The van der Waals surface area contributed by atoms with Gasteiger partial charge >= 0.3 is 8.56 Å². The molecule has 0 atom stereocenters. The van der Waals surface area contributed by atoms with Crippen LogP contribution in [0.25, 0.3) is 0 Å². The van der Waals surface area contributed by atoms with Crippen LogP contribution in [0.2, 0.25) is 13.1 Å².